The molecule has 31 heavy (non-hydrogen) atoms. The Labute approximate surface area is 188 Å². The van der Waals surface area contributed by atoms with Crippen molar-refractivity contribution in [3.63, 3.8) is 0 Å². The van der Waals surface area contributed by atoms with Gasteiger partial charge in [0.15, 0.2) is 0 Å². The summed E-state index contributed by atoms with van der Waals surface area (Å²) in [5, 5.41) is 22.7. The molecule has 6 rings (SSSR count). The van der Waals surface area contributed by atoms with E-state index in [0.717, 1.165) is 44.9 Å². The van der Waals surface area contributed by atoms with Crippen molar-refractivity contribution in [2.75, 3.05) is 0 Å². The lowest BCUT2D eigenvalue weighted by atomic mass is 9.43. The summed E-state index contributed by atoms with van der Waals surface area (Å²) in [6, 6.07) is 0. The molecule has 4 nitrogen and oxygen atoms in total. The van der Waals surface area contributed by atoms with E-state index in [2.05, 4.69) is 34.6 Å². The third-order valence-corrected chi connectivity index (χ3v) is 12.8. The zero-order valence-electron chi connectivity index (χ0n) is 20.4. The van der Waals surface area contributed by atoms with E-state index < -0.39 is 11.6 Å². The summed E-state index contributed by atoms with van der Waals surface area (Å²) in [5.41, 5.74) is 7.57. The molecule has 2 spiro atoms. The fraction of sp³-hybridized carbons (Fsp3) is 1.00. The third-order valence-electron chi connectivity index (χ3n) is 12.8. The van der Waals surface area contributed by atoms with Crippen LogP contribution >= 0.6 is 0 Å². The second-order valence-electron chi connectivity index (χ2n) is 13.7. The Bertz CT molecular complexity index is 784. The number of ether oxygens (including phenoxy) is 1. The van der Waals surface area contributed by atoms with Crippen molar-refractivity contribution in [3.05, 3.63) is 0 Å². The fourth-order valence-corrected chi connectivity index (χ4v) is 11.3. The molecule has 176 valence electrons. The number of aliphatic hydroxyl groups excluding tert-OH is 2. The Morgan fingerprint density at radius 2 is 1.65 bits per heavy atom. The highest BCUT2D eigenvalue weighted by Gasteiger charge is 2.85. The number of rotatable bonds is 1. The Morgan fingerprint density at radius 3 is 2.35 bits per heavy atom. The number of hydrogen-bond acceptors (Lipinski definition) is 4. The Kier molecular flexibility index (Phi) is 4.20. The second-order valence-corrected chi connectivity index (χ2v) is 13.7. The van der Waals surface area contributed by atoms with Crippen LogP contribution in [-0.2, 0) is 4.74 Å². The highest BCUT2D eigenvalue weighted by atomic mass is 16.5. The average Bonchev–Trinajstić information content (AvgIpc) is 3.36. The summed E-state index contributed by atoms with van der Waals surface area (Å²) in [5.74, 6) is 1.90. The third kappa shape index (κ3) is 2.14. The van der Waals surface area contributed by atoms with Crippen LogP contribution in [0.4, 0.5) is 0 Å². The van der Waals surface area contributed by atoms with Gasteiger partial charge in [0.1, 0.15) is 0 Å². The lowest BCUT2D eigenvalue weighted by Gasteiger charge is -2.63. The number of hydrogen-bond donors (Lipinski definition) is 3. The summed E-state index contributed by atoms with van der Waals surface area (Å²) in [6.07, 6.45) is 9.54. The highest BCUT2D eigenvalue weighted by molar-refractivity contribution is 5.35. The van der Waals surface area contributed by atoms with Gasteiger partial charge in [0.05, 0.1) is 30.0 Å². The minimum atomic E-state index is -0.558. The van der Waals surface area contributed by atoms with Crippen molar-refractivity contribution in [3.8, 4) is 0 Å². The molecule has 12 atom stereocenters. The van der Waals surface area contributed by atoms with Gasteiger partial charge < -0.3 is 20.7 Å². The van der Waals surface area contributed by atoms with Crippen LogP contribution < -0.4 is 5.73 Å². The SMILES string of the molecule is CC[C@@H]1C[C@@H](C)[C@H]2C(O1)[C@H](O)[C@@]1(N)C3CC[C@H]4C(C)(C)C(O)CCC45CC35CCC21C. The standard InChI is InChI=1S/C27H45NO3/c1-6-16-13-15(2)20-21(31-16)22(30)27(28)18-8-7-17-23(3,4)19(29)9-10-25(17)14-26(18,25)12-11-24(20,27)5/h15-22,29-30H,6-14,28H2,1-5H3/t15-,16-,17+,18?,19?,20+,21?,22+,24?,25?,26?,27+/m1/s1. The van der Waals surface area contributed by atoms with Crippen molar-refractivity contribution in [1.82, 2.24) is 0 Å². The van der Waals surface area contributed by atoms with Crippen LogP contribution in [0.25, 0.3) is 0 Å². The Morgan fingerprint density at radius 1 is 0.968 bits per heavy atom. The summed E-state index contributed by atoms with van der Waals surface area (Å²) in [6.45, 7) is 11.6. The molecule has 0 aromatic rings. The van der Waals surface area contributed by atoms with E-state index in [1.54, 1.807) is 0 Å². The van der Waals surface area contributed by atoms with Gasteiger partial charge in [-0.2, -0.15) is 0 Å². The zero-order valence-corrected chi connectivity index (χ0v) is 20.4. The first-order valence-electron chi connectivity index (χ1n) is 13.3. The molecule has 0 radical (unpaired) electrons. The Hall–Kier alpha value is -0.160. The van der Waals surface area contributed by atoms with E-state index in [9.17, 15) is 10.2 Å². The van der Waals surface area contributed by atoms with Gasteiger partial charge >= 0.3 is 0 Å². The molecule has 0 amide bonds. The van der Waals surface area contributed by atoms with E-state index in [4.69, 9.17) is 10.5 Å². The van der Waals surface area contributed by atoms with Crippen molar-refractivity contribution < 1.29 is 14.9 Å². The van der Waals surface area contributed by atoms with Crippen molar-refractivity contribution in [1.29, 1.82) is 0 Å². The van der Waals surface area contributed by atoms with Crippen molar-refractivity contribution in [2.45, 2.75) is 122 Å². The predicted octanol–water partition coefficient (Wildman–Crippen LogP) is 4.26. The molecule has 0 bridgehead atoms. The van der Waals surface area contributed by atoms with Gasteiger partial charge in [-0.3, -0.25) is 0 Å². The molecular weight excluding hydrogens is 386 g/mol. The Balaban J connectivity index is 1.41. The van der Waals surface area contributed by atoms with Gasteiger partial charge in [-0.25, -0.2) is 0 Å². The number of aliphatic hydroxyl groups is 2. The molecule has 5 saturated carbocycles. The topological polar surface area (TPSA) is 75.7 Å². The van der Waals surface area contributed by atoms with Crippen LogP contribution in [0.1, 0.15) is 92.4 Å². The molecule has 6 aliphatic rings. The van der Waals surface area contributed by atoms with Gasteiger partial charge in [0, 0.05) is 0 Å². The predicted molar refractivity (Wildman–Crippen MR) is 121 cm³/mol. The molecule has 1 aliphatic heterocycles. The van der Waals surface area contributed by atoms with Crippen LogP contribution in [0.3, 0.4) is 0 Å². The first-order valence-corrected chi connectivity index (χ1v) is 13.3. The monoisotopic (exact) mass is 431 g/mol. The molecule has 0 aromatic carbocycles. The molecular formula is C27H45NO3. The lowest BCUT2D eigenvalue weighted by Crippen LogP contribution is -2.70. The first kappa shape index (κ1) is 21.4. The smallest absolute Gasteiger partial charge is 0.0992 e. The van der Waals surface area contributed by atoms with Gasteiger partial charge in [-0.15, -0.1) is 0 Å². The van der Waals surface area contributed by atoms with Crippen molar-refractivity contribution in [2.24, 2.45) is 51.1 Å². The summed E-state index contributed by atoms with van der Waals surface area (Å²) in [4.78, 5) is 0. The van der Waals surface area contributed by atoms with Crippen LogP contribution in [0.5, 0.6) is 0 Å². The lowest BCUT2D eigenvalue weighted by molar-refractivity contribution is -0.152. The van der Waals surface area contributed by atoms with E-state index >= 15 is 0 Å². The van der Waals surface area contributed by atoms with Crippen LogP contribution in [0.2, 0.25) is 0 Å². The van der Waals surface area contributed by atoms with E-state index in [1.165, 1.54) is 12.8 Å². The summed E-state index contributed by atoms with van der Waals surface area (Å²) >= 11 is 0. The molecule has 4 heteroatoms. The molecule has 6 fully saturated rings. The molecule has 6 unspecified atom stereocenters. The van der Waals surface area contributed by atoms with E-state index in [0.29, 0.717) is 29.1 Å². The van der Waals surface area contributed by atoms with E-state index in [-0.39, 0.29) is 34.6 Å². The molecule has 4 N–H and O–H groups in total. The average molecular weight is 432 g/mol. The maximum atomic E-state index is 11.9. The zero-order chi connectivity index (χ0) is 22.2. The molecule has 0 aromatic heterocycles. The molecule has 5 aliphatic carbocycles. The van der Waals surface area contributed by atoms with Crippen molar-refractivity contribution >= 4 is 0 Å². The van der Waals surface area contributed by atoms with Crippen LogP contribution in [0.15, 0.2) is 0 Å². The normalized spacial score (nSPS) is 63.9. The fourth-order valence-electron chi connectivity index (χ4n) is 11.3. The molecule has 1 saturated heterocycles. The maximum Gasteiger partial charge on any atom is 0.0992 e. The maximum absolute atomic E-state index is 11.9. The first-order chi connectivity index (χ1) is 14.5. The quantitative estimate of drug-likeness (QED) is 0.580. The summed E-state index contributed by atoms with van der Waals surface area (Å²) < 4.78 is 6.58. The minimum Gasteiger partial charge on any atom is -0.393 e. The summed E-state index contributed by atoms with van der Waals surface area (Å²) in [7, 11) is 0. The van der Waals surface area contributed by atoms with Gasteiger partial charge in [-0.05, 0) is 103 Å². The minimum absolute atomic E-state index is 0.0104. The van der Waals surface area contributed by atoms with Crippen LogP contribution in [-0.4, -0.2) is 40.2 Å². The van der Waals surface area contributed by atoms with Crippen LogP contribution in [0, 0.1) is 45.3 Å². The molecule has 1 heterocycles. The van der Waals surface area contributed by atoms with Gasteiger partial charge in [-0.1, -0.05) is 34.6 Å². The number of nitrogens with two attached hydrogens (primary N) is 1. The number of fused-ring (bicyclic) bond motifs is 4. The van der Waals surface area contributed by atoms with Gasteiger partial charge in [0.2, 0.25) is 0 Å². The largest absolute Gasteiger partial charge is 0.393 e. The van der Waals surface area contributed by atoms with E-state index in [1.807, 2.05) is 0 Å². The highest BCUT2D eigenvalue weighted by Crippen LogP contribution is 2.87. The van der Waals surface area contributed by atoms with Gasteiger partial charge in [0.25, 0.3) is 0 Å². The second kappa shape index (κ2) is 6.09.